The van der Waals surface area contributed by atoms with Crippen molar-refractivity contribution < 1.29 is 14.6 Å². The first-order chi connectivity index (χ1) is 10.3. The second kappa shape index (κ2) is 6.88. The fraction of sp³-hybridized carbons (Fsp3) is 0.588. The van der Waals surface area contributed by atoms with Crippen molar-refractivity contribution in [1.82, 2.24) is 4.90 Å². The maximum Gasteiger partial charge on any atom is 0.255 e. The smallest absolute Gasteiger partial charge is 0.255 e. The molecule has 1 heterocycles. The fourth-order valence-electron chi connectivity index (χ4n) is 2.66. The van der Waals surface area contributed by atoms with Gasteiger partial charge in [-0.05, 0) is 51.3 Å². The molecule has 0 atom stereocenters. The second-order valence-electron chi connectivity index (χ2n) is 6.18. The number of carbonyl (C=O) groups is 1. The number of hydrogen-bond acceptors (Lipinski definition) is 3. The van der Waals surface area contributed by atoms with Gasteiger partial charge in [0.1, 0.15) is 5.75 Å². The second-order valence-corrected chi connectivity index (χ2v) is 6.59. The van der Waals surface area contributed by atoms with Crippen LogP contribution in [0.25, 0.3) is 0 Å². The van der Waals surface area contributed by atoms with Crippen LogP contribution in [-0.2, 0) is 0 Å². The average molecular weight is 326 g/mol. The summed E-state index contributed by atoms with van der Waals surface area (Å²) in [5, 5.41) is 10.6. The van der Waals surface area contributed by atoms with Crippen LogP contribution in [0.15, 0.2) is 18.2 Å². The SMILES string of the molecule is CCC1(O)CCN(C(=O)c2ccc(OC(C)C)cc2Cl)CC1. The molecule has 0 spiro atoms. The molecule has 22 heavy (non-hydrogen) atoms. The van der Waals surface area contributed by atoms with E-state index in [1.165, 1.54) is 0 Å². The Labute approximate surface area is 137 Å². The van der Waals surface area contributed by atoms with E-state index in [1.807, 2.05) is 20.8 Å². The summed E-state index contributed by atoms with van der Waals surface area (Å²) in [6.45, 7) is 6.97. The number of nitrogens with zero attached hydrogens (tertiary/aromatic N) is 1. The van der Waals surface area contributed by atoms with E-state index in [-0.39, 0.29) is 12.0 Å². The predicted molar refractivity (Wildman–Crippen MR) is 87.6 cm³/mol. The maximum atomic E-state index is 12.6. The zero-order valence-corrected chi connectivity index (χ0v) is 14.2. The zero-order chi connectivity index (χ0) is 16.3. The van der Waals surface area contributed by atoms with Gasteiger partial charge in [-0.3, -0.25) is 4.79 Å². The molecule has 1 aromatic carbocycles. The van der Waals surface area contributed by atoms with Crippen LogP contribution in [-0.4, -0.2) is 40.7 Å². The first kappa shape index (κ1) is 17.1. The minimum absolute atomic E-state index is 0.0615. The average Bonchev–Trinajstić information content (AvgIpc) is 2.47. The molecule has 5 heteroatoms. The third-order valence-electron chi connectivity index (χ3n) is 4.18. The Kier molecular flexibility index (Phi) is 5.35. The molecule has 1 amide bonds. The lowest BCUT2D eigenvalue weighted by Gasteiger charge is -2.37. The number of aliphatic hydroxyl groups is 1. The lowest BCUT2D eigenvalue weighted by molar-refractivity contribution is -0.0193. The fourth-order valence-corrected chi connectivity index (χ4v) is 2.92. The van der Waals surface area contributed by atoms with E-state index >= 15 is 0 Å². The molecule has 122 valence electrons. The highest BCUT2D eigenvalue weighted by Crippen LogP contribution is 2.29. The number of piperidine rings is 1. The summed E-state index contributed by atoms with van der Waals surface area (Å²) in [6, 6.07) is 5.16. The van der Waals surface area contributed by atoms with Gasteiger partial charge >= 0.3 is 0 Å². The summed E-state index contributed by atoms with van der Waals surface area (Å²) in [7, 11) is 0. The Bertz CT molecular complexity index is 537. The standard InChI is InChI=1S/C17H24ClNO3/c1-4-17(21)7-9-19(10-8-17)16(20)14-6-5-13(11-15(14)18)22-12(2)3/h5-6,11-12,21H,4,7-10H2,1-3H3. The highest BCUT2D eigenvalue weighted by molar-refractivity contribution is 6.34. The van der Waals surface area contributed by atoms with Crippen molar-refractivity contribution in [3.8, 4) is 5.75 Å². The van der Waals surface area contributed by atoms with Crippen molar-refractivity contribution >= 4 is 17.5 Å². The minimum Gasteiger partial charge on any atom is -0.491 e. The lowest BCUT2D eigenvalue weighted by Crippen LogP contribution is -2.46. The van der Waals surface area contributed by atoms with Crippen molar-refractivity contribution in [2.24, 2.45) is 0 Å². The molecule has 0 saturated carbocycles. The summed E-state index contributed by atoms with van der Waals surface area (Å²) in [6.07, 6.45) is 2.01. The van der Waals surface area contributed by atoms with Gasteiger partial charge in [-0.15, -0.1) is 0 Å². The van der Waals surface area contributed by atoms with E-state index in [4.69, 9.17) is 16.3 Å². The van der Waals surface area contributed by atoms with Gasteiger partial charge in [0.05, 0.1) is 22.3 Å². The van der Waals surface area contributed by atoms with E-state index < -0.39 is 5.60 Å². The van der Waals surface area contributed by atoms with Crippen LogP contribution in [0.4, 0.5) is 0 Å². The van der Waals surface area contributed by atoms with Gasteiger partial charge in [0, 0.05) is 13.1 Å². The highest BCUT2D eigenvalue weighted by atomic mass is 35.5. The summed E-state index contributed by atoms with van der Waals surface area (Å²) in [5.41, 5.74) is -0.144. The molecule has 1 N–H and O–H groups in total. The minimum atomic E-state index is -0.629. The maximum absolute atomic E-state index is 12.6. The Morgan fingerprint density at radius 3 is 2.55 bits per heavy atom. The van der Waals surface area contributed by atoms with Gasteiger partial charge in [0.2, 0.25) is 0 Å². The molecule has 0 aliphatic carbocycles. The third-order valence-corrected chi connectivity index (χ3v) is 4.49. The number of likely N-dealkylation sites (tertiary alicyclic amines) is 1. The number of amides is 1. The summed E-state index contributed by atoms with van der Waals surface area (Å²) in [5.74, 6) is 0.579. The van der Waals surface area contributed by atoms with Crippen LogP contribution in [0.5, 0.6) is 5.75 Å². The molecule has 1 aliphatic rings. The van der Waals surface area contributed by atoms with Gasteiger partial charge < -0.3 is 14.7 Å². The van der Waals surface area contributed by atoms with Gasteiger partial charge in [-0.25, -0.2) is 0 Å². The highest BCUT2D eigenvalue weighted by Gasteiger charge is 2.32. The number of rotatable bonds is 4. The Morgan fingerprint density at radius 1 is 1.41 bits per heavy atom. The molecule has 0 aromatic heterocycles. The van der Waals surface area contributed by atoms with Crippen LogP contribution in [0.3, 0.4) is 0 Å². The van der Waals surface area contributed by atoms with E-state index in [1.54, 1.807) is 23.1 Å². The number of hydrogen-bond donors (Lipinski definition) is 1. The molecule has 0 unspecified atom stereocenters. The lowest BCUT2D eigenvalue weighted by atomic mass is 9.89. The third kappa shape index (κ3) is 3.93. The molecule has 0 radical (unpaired) electrons. The van der Waals surface area contributed by atoms with E-state index in [0.717, 1.165) is 6.42 Å². The van der Waals surface area contributed by atoms with Crippen LogP contribution < -0.4 is 4.74 Å². The van der Waals surface area contributed by atoms with Crippen molar-refractivity contribution in [2.75, 3.05) is 13.1 Å². The quantitative estimate of drug-likeness (QED) is 0.921. The van der Waals surface area contributed by atoms with Gasteiger partial charge in [0.15, 0.2) is 0 Å². The molecule has 2 rings (SSSR count). The number of carbonyl (C=O) groups excluding carboxylic acids is 1. The van der Waals surface area contributed by atoms with E-state index in [9.17, 15) is 9.90 Å². The van der Waals surface area contributed by atoms with Crippen molar-refractivity contribution in [3.63, 3.8) is 0 Å². The van der Waals surface area contributed by atoms with Crippen LogP contribution in [0.2, 0.25) is 5.02 Å². The monoisotopic (exact) mass is 325 g/mol. The molecule has 0 bridgehead atoms. The van der Waals surface area contributed by atoms with Crippen molar-refractivity contribution in [2.45, 2.75) is 51.7 Å². The van der Waals surface area contributed by atoms with E-state index in [0.29, 0.717) is 42.3 Å². The Balaban J connectivity index is 2.07. The molecular formula is C17H24ClNO3. The first-order valence-electron chi connectivity index (χ1n) is 7.82. The van der Waals surface area contributed by atoms with Crippen molar-refractivity contribution in [3.05, 3.63) is 28.8 Å². The number of halogens is 1. The molecule has 1 saturated heterocycles. The predicted octanol–water partition coefficient (Wildman–Crippen LogP) is 3.50. The number of ether oxygens (including phenoxy) is 1. The topological polar surface area (TPSA) is 49.8 Å². The Hall–Kier alpha value is -1.26. The summed E-state index contributed by atoms with van der Waals surface area (Å²) >= 11 is 6.23. The van der Waals surface area contributed by atoms with Gasteiger partial charge in [0.25, 0.3) is 5.91 Å². The first-order valence-corrected chi connectivity index (χ1v) is 8.20. The largest absolute Gasteiger partial charge is 0.491 e. The van der Waals surface area contributed by atoms with E-state index in [2.05, 4.69) is 0 Å². The molecule has 4 nitrogen and oxygen atoms in total. The van der Waals surface area contributed by atoms with Crippen LogP contribution in [0, 0.1) is 0 Å². The molecular weight excluding hydrogens is 302 g/mol. The summed E-state index contributed by atoms with van der Waals surface area (Å²) in [4.78, 5) is 14.3. The summed E-state index contributed by atoms with van der Waals surface area (Å²) < 4.78 is 5.57. The van der Waals surface area contributed by atoms with Crippen molar-refractivity contribution in [1.29, 1.82) is 0 Å². The van der Waals surface area contributed by atoms with Crippen LogP contribution >= 0.6 is 11.6 Å². The molecule has 1 fully saturated rings. The van der Waals surface area contributed by atoms with Gasteiger partial charge in [-0.2, -0.15) is 0 Å². The number of benzene rings is 1. The zero-order valence-electron chi connectivity index (χ0n) is 13.4. The Morgan fingerprint density at radius 2 is 2.05 bits per heavy atom. The normalized spacial score (nSPS) is 17.6. The molecule has 1 aromatic rings. The van der Waals surface area contributed by atoms with Crippen LogP contribution in [0.1, 0.15) is 50.4 Å². The molecule has 1 aliphatic heterocycles. The van der Waals surface area contributed by atoms with Gasteiger partial charge in [-0.1, -0.05) is 18.5 Å².